The van der Waals surface area contributed by atoms with E-state index in [1.165, 1.54) is 0 Å². The lowest BCUT2D eigenvalue weighted by atomic mass is 9.82. The van der Waals surface area contributed by atoms with E-state index in [1.807, 2.05) is 6.92 Å². The van der Waals surface area contributed by atoms with Gasteiger partial charge < -0.3 is 10.0 Å². The fourth-order valence-electron chi connectivity index (χ4n) is 2.65. The Hall–Kier alpha value is -1.36. The number of aromatic hydroxyl groups is 1. The number of ketones is 1. The summed E-state index contributed by atoms with van der Waals surface area (Å²) in [7, 11) is 0. The summed E-state index contributed by atoms with van der Waals surface area (Å²) in [6.07, 6.45) is 1.71. The van der Waals surface area contributed by atoms with Gasteiger partial charge in [0.15, 0.2) is 5.78 Å². The first kappa shape index (κ1) is 17.0. The van der Waals surface area contributed by atoms with E-state index in [0.29, 0.717) is 17.6 Å². The van der Waals surface area contributed by atoms with Gasteiger partial charge in [-0.2, -0.15) is 0 Å². The van der Waals surface area contributed by atoms with E-state index in [4.69, 9.17) is 0 Å². The molecule has 0 bridgehead atoms. The number of amides is 1. The maximum absolute atomic E-state index is 12.3. The van der Waals surface area contributed by atoms with Gasteiger partial charge in [-0.05, 0) is 58.8 Å². The molecular formula is C17H22BrNO3. The average molecular weight is 368 g/mol. The van der Waals surface area contributed by atoms with Crippen molar-refractivity contribution in [1.82, 2.24) is 4.90 Å². The Kier molecular flexibility index (Phi) is 4.95. The molecule has 0 aromatic heterocycles. The molecular weight excluding hydrogens is 346 g/mol. The van der Waals surface area contributed by atoms with Crippen molar-refractivity contribution < 1.29 is 14.7 Å². The Morgan fingerprint density at radius 2 is 1.86 bits per heavy atom. The lowest BCUT2D eigenvalue weighted by Gasteiger charge is -2.36. The standard InChI is InChI=1S/C17H22BrNO3/c1-11-8-12(16(22)13(18)9-11)14(20)10-15(21)19-6-4-17(2,3)5-7-19/h8-9,22H,4-7,10H2,1-3H3. The highest BCUT2D eigenvalue weighted by atomic mass is 79.9. The van der Waals surface area contributed by atoms with Gasteiger partial charge in [-0.3, -0.25) is 9.59 Å². The number of aryl methyl sites for hydroxylation is 1. The Balaban J connectivity index is 2.05. The SMILES string of the molecule is Cc1cc(Br)c(O)c(C(=O)CC(=O)N2CCC(C)(C)CC2)c1. The van der Waals surface area contributed by atoms with E-state index in [2.05, 4.69) is 29.8 Å². The molecule has 1 heterocycles. The fraction of sp³-hybridized carbons (Fsp3) is 0.529. The van der Waals surface area contributed by atoms with Crippen LogP contribution in [-0.4, -0.2) is 34.8 Å². The minimum atomic E-state index is -0.336. The van der Waals surface area contributed by atoms with Crippen LogP contribution in [-0.2, 0) is 4.79 Å². The van der Waals surface area contributed by atoms with E-state index >= 15 is 0 Å². The van der Waals surface area contributed by atoms with Gasteiger partial charge in [0.2, 0.25) is 5.91 Å². The van der Waals surface area contributed by atoms with Crippen LogP contribution < -0.4 is 0 Å². The smallest absolute Gasteiger partial charge is 0.230 e. The summed E-state index contributed by atoms with van der Waals surface area (Å²) in [6, 6.07) is 3.36. The molecule has 1 fully saturated rings. The zero-order chi connectivity index (χ0) is 16.5. The van der Waals surface area contributed by atoms with Gasteiger partial charge >= 0.3 is 0 Å². The van der Waals surface area contributed by atoms with Gasteiger partial charge in [-0.15, -0.1) is 0 Å². The molecule has 0 atom stereocenters. The number of carbonyl (C=O) groups is 2. The number of benzene rings is 1. The van der Waals surface area contributed by atoms with Gasteiger partial charge in [-0.1, -0.05) is 13.8 Å². The predicted octanol–water partition coefficient (Wildman–Crippen LogP) is 3.68. The third kappa shape index (κ3) is 3.88. The summed E-state index contributed by atoms with van der Waals surface area (Å²) < 4.78 is 0.475. The monoisotopic (exact) mass is 367 g/mol. The number of hydrogen-bond donors (Lipinski definition) is 1. The molecule has 1 aromatic rings. The van der Waals surface area contributed by atoms with E-state index in [0.717, 1.165) is 18.4 Å². The summed E-state index contributed by atoms with van der Waals surface area (Å²) in [5, 5.41) is 9.99. The molecule has 120 valence electrons. The Labute approximate surface area is 139 Å². The number of Topliss-reactive ketones (excluding diaryl/α,β-unsaturated/α-hetero) is 1. The lowest BCUT2D eigenvalue weighted by molar-refractivity contribution is -0.132. The van der Waals surface area contributed by atoms with Crippen LogP contribution in [0.4, 0.5) is 0 Å². The van der Waals surface area contributed by atoms with E-state index < -0.39 is 0 Å². The maximum atomic E-state index is 12.3. The number of likely N-dealkylation sites (tertiary alicyclic amines) is 1. The zero-order valence-corrected chi connectivity index (χ0v) is 14.9. The summed E-state index contributed by atoms with van der Waals surface area (Å²) in [5.74, 6) is -0.586. The highest BCUT2D eigenvalue weighted by Gasteiger charge is 2.29. The van der Waals surface area contributed by atoms with E-state index in [9.17, 15) is 14.7 Å². The number of rotatable bonds is 3. The summed E-state index contributed by atoms with van der Waals surface area (Å²) in [5.41, 5.74) is 1.33. The van der Waals surface area contributed by atoms with Gasteiger partial charge in [0.25, 0.3) is 0 Å². The van der Waals surface area contributed by atoms with Crippen LogP contribution in [0.1, 0.15) is 49.0 Å². The minimum Gasteiger partial charge on any atom is -0.506 e. The van der Waals surface area contributed by atoms with Gasteiger partial charge in [0, 0.05) is 13.1 Å². The first-order valence-electron chi connectivity index (χ1n) is 7.50. The van der Waals surface area contributed by atoms with Crippen molar-refractivity contribution in [2.45, 2.75) is 40.0 Å². The number of nitrogens with zero attached hydrogens (tertiary/aromatic N) is 1. The Morgan fingerprint density at radius 3 is 2.45 bits per heavy atom. The van der Waals surface area contributed by atoms with Crippen LogP contribution in [0.3, 0.4) is 0 Å². The maximum Gasteiger partial charge on any atom is 0.230 e. The predicted molar refractivity (Wildman–Crippen MR) is 89.1 cm³/mol. The van der Waals surface area contributed by atoms with Crippen LogP contribution in [0.5, 0.6) is 5.75 Å². The Bertz CT molecular complexity index is 600. The third-order valence-electron chi connectivity index (χ3n) is 4.29. The zero-order valence-electron chi connectivity index (χ0n) is 13.3. The number of phenols is 1. The molecule has 1 amide bonds. The molecule has 1 aliphatic rings. The fourth-order valence-corrected chi connectivity index (χ4v) is 3.23. The molecule has 0 spiro atoms. The molecule has 1 N–H and O–H groups in total. The van der Waals surface area contributed by atoms with Crippen molar-refractivity contribution >= 4 is 27.6 Å². The van der Waals surface area contributed by atoms with Gasteiger partial charge in [0.05, 0.1) is 16.5 Å². The summed E-state index contributed by atoms with van der Waals surface area (Å²) in [6.45, 7) is 7.63. The molecule has 1 saturated heterocycles. The molecule has 0 radical (unpaired) electrons. The van der Waals surface area contributed by atoms with Crippen molar-refractivity contribution in [2.75, 3.05) is 13.1 Å². The second-order valence-electron chi connectivity index (χ2n) is 6.79. The highest BCUT2D eigenvalue weighted by Crippen LogP contribution is 2.32. The van der Waals surface area contributed by atoms with Gasteiger partial charge in [0.1, 0.15) is 5.75 Å². The van der Waals surface area contributed by atoms with Crippen molar-refractivity contribution in [1.29, 1.82) is 0 Å². The van der Waals surface area contributed by atoms with Crippen LogP contribution in [0, 0.1) is 12.3 Å². The van der Waals surface area contributed by atoms with Crippen molar-refractivity contribution in [3.05, 3.63) is 27.7 Å². The molecule has 0 aliphatic carbocycles. The quantitative estimate of drug-likeness (QED) is 0.654. The summed E-state index contributed by atoms with van der Waals surface area (Å²) >= 11 is 3.22. The Morgan fingerprint density at radius 1 is 1.27 bits per heavy atom. The topological polar surface area (TPSA) is 57.6 Å². The number of phenolic OH excluding ortho intramolecular Hbond substituents is 1. The second-order valence-corrected chi connectivity index (χ2v) is 7.64. The molecule has 1 aliphatic heterocycles. The number of halogens is 1. The molecule has 5 heteroatoms. The molecule has 2 rings (SSSR count). The van der Waals surface area contributed by atoms with Crippen LogP contribution in [0.15, 0.2) is 16.6 Å². The van der Waals surface area contributed by atoms with Crippen molar-refractivity contribution in [3.8, 4) is 5.75 Å². The average Bonchev–Trinajstić information content (AvgIpc) is 2.42. The second kappa shape index (κ2) is 6.41. The lowest BCUT2D eigenvalue weighted by Crippen LogP contribution is -2.41. The molecule has 1 aromatic carbocycles. The molecule has 0 saturated carbocycles. The minimum absolute atomic E-state index is 0.0943. The van der Waals surface area contributed by atoms with Crippen molar-refractivity contribution in [3.63, 3.8) is 0 Å². The number of piperidine rings is 1. The number of hydrogen-bond acceptors (Lipinski definition) is 3. The normalized spacial score (nSPS) is 17.4. The first-order valence-corrected chi connectivity index (χ1v) is 8.29. The van der Waals surface area contributed by atoms with E-state index in [-0.39, 0.29) is 34.8 Å². The largest absolute Gasteiger partial charge is 0.506 e. The summed E-state index contributed by atoms with van der Waals surface area (Å²) in [4.78, 5) is 26.4. The number of carbonyl (C=O) groups excluding carboxylic acids is 2. The third-order valence-corrected chi connectivity index (χ3v) is 4.89. The molecule has 22 heavy (non-hydrogen) atoms. The van der Waals surface area contributed by atoms with Crippen molar-refractivity contribution in [2.24, 2.45) is 5.41 Å². The van der Waals surface area contributed by atoms with Crippen LogP contribution >= 0.6 is 15.9 Å². The van der Waals surface area contributed by atoms with Crippen LogP contribution in [0.25, 0.3) is 0 Å². The highest BCUT2D eigenvalue weighted by molar-refractivity contribution is 9.10. The molecule has 0 unspecified atom stereocenters. The van der Waals surface area contributed by atoms with E-state index in [1.54, 1.807) is 17.0 Å². The van der Waals surface area contributed by atoms with Gasteiger partial charge in [-0.25, -0.2) is 0 Å². The first-order chi connectivity index (χ1) is 10.2. The van der Waals surface area contributed by atoms with Crippen LogP contribution in [0.2, 0.25) is 0 Å². The molecule has 4 nitrogen and oxygen atoms in total.